The van der Waals surface area contributed by atoms with Crippen molar-refractivity contribution in [3.63, 3.8) is 0 Å². The van der Waals surface area contributed by atoms with Crippen LogP contribution in [0.25, 0.3) is 0 Å². The lowest BCUT2D eigenvalue weighted by Crippen LogP contribution is -2.66. The highest BCUT2D eigenvalue weighted by molar-refractivity contribution is 14.2. The quantitative estimate of drug-likeness (QED) is 0.168. The maximum atomic E-state index is 11.8. The number of carbonyl (C=O) groups excluding carboxylic acids is 2. The summed E-state index contributed by atoms with van der Waals surface area (Å²) in [5.74, 6) is 4.45. The molecule has 11 heteroatoms. The predicted octanol–water partition coefficient (Wildman–Crippen LogP) is 7.12. The van der Waals surface area contributed by atoms with Crippen LogP contribution in [0.2, 0.25) is 0 Å². The van der Waals surface area contributed by atoms with Crippen molar-refractivity contribution in [1.82, 2.24) is 14.7 Å². The SMILES string of the molecule is CC.CC.CC1(Oc2ccc(C#CSI)cc2)CN(C2CCC(CC#N)(n3cc(C(N)=O)c(NC=O)n3)CC2)C1.CC1CC1. The van der Waals surface area contributed by atoms with E-state index in [1.54, 1.807) is 10.9 Å². The number of nitrogens with zero attached hydrogens (tertiary/aromatic N) is 4. The highest BCUT2D eigenvalue weighted by Gasteiger charge is 2.47. The van der Waals surface area contributed by atoms with Gasteiger partial charge < -0.3 is 15.8 Å². The molecule has 2 amide bonds. The second kappa shape index (κ2) is 18.3. The molecule has 5 rings (SSSR count). The minimum absolute atomic E-state index is 0.122. The van der Waals surface area contributed by atoms with Crippen molar-refractivity contribution in [1.29, 1.82) is 5.26 Å². The Morgan fingerprint density at radius 3 is 2.25 bits per heavy atom. The van der Waals surface area contributed by atoms with Crippen molar-refractivity contribution >= 4 is 48.3 Å². The van der Waals surface area contributed by atoms with Crippen molar-refractivity contribution in [2.24, 2.45) is 11.7 Å². The van der Waals surface area contributed by atoms with Gasteiger partial charge in [-0.3, -0.25) is 19.2 Å². The van der Waals surface area contributed by atoms with Gasteiger partial charge in [-0.05, 0) is 77.0 Å². The second-order valence-electron chi connectivity index (χ2n) is 11.2. The highest BCUT2D eigenvalue weighted by Crippen LogP contribution is 2.42. The Kier molecular flexibility index (Phi) is 15.6. The van der Waals surface area contributed by atoms with Crippen LogP contribution in [-0.2, 0) is 10.3 Å². The van der Waals surface area contributed by atoms with Crippen molar-refractivity contribution in [2.45, 2.75) is 104 Å². The number of halogens is 1. The van der Waals surface area contributed by atoms with E-state index in [0.717, 1.165) is 56.0 Å². The smallest absolute Gasteiger partial charge is 0.254 e. The molecule has 240 valence electrons. The fourth-order valence-corrected chi connectivity index (χ4v) is 5.86. The molecule has 1 aromatic heterocycles. The maximum absolute atomic E-state index is 11.8. The largest absolute Gasteiger partial charge is 0.485 e. The highest BCUT2D eigenvalue weighted by atomic mass is 127. The molecule has 0 unspecified atom stereocenters. The van der Waals surface area contributed by atoms with Crippen LogP contribution in [0, 0.1) is 28.4 Å². The second-order valence-corrected chi connectivity index (χ2v) is 12.9. The number of amides is 2. The predicted molar refractivity (Wildman–Crippen MR) is 188 cm³/mol. The van der Waals surface area contributed by atoms with E-state index in [1.807, 2.05) is 52.0 Å². The zero-order valence-corrected chi connectivity index (χ0v) is 29.8. The normalized spacial score (nSPS) is 21.4. The summed E-state index contributed by atoms with van der Waals surface area (Å²) in [6.07, 6.45) is 8.50. The molecule has 3 N–H and O–H groups in total. The number of nitriles is 1. The van der Waals surface area contributed by atoms with Crippen LogP contribution in [0.1, 0.15) is 102 Å². The van der Waals surface area contributed by atoms with Crippen LogP contribution in [0.15, 0.2) is 30.5 Å². The summed E-state index contributed by atoms with van der Waals surface area (Å²) in [6.45, 7) is 14.1. The number of carbonyl (C=O) groups is 2. The number of benzene rings is 1. The number of hydrogen-bond donors (Lipinski definition) is 2. The van der Waals surface area contributed by atoms with E-state index in [-0.39, 0.29) is 23.4 Å². The van der Waals surface area contributed by atoms with Gasteiger partial charge in [0.05, 0.1) is 18.0 Å². The van der Waals surface area contributed by atoms with Gasteiger partial charge in [-0.25, -0.2) is 0 Å². The van der Waals surface area contributed by atoms with Gasteiger partial charge in [-0.15, -0.1) is 0 Å². The van der Waals surface area contributed by atoms with Crippen LogP contribution in [0.5, 0.6) is 5.75 Å². The Morgan fingerprint density at radius 1 is 1.18 bits per heavy atom. The van der Waals surface area contributed by atoms with Crippen molar-refractivity contribution in [3.05, 3.63) is 41.6 Å². The zero-order chi connectivity index (χ0) is 32.8. The van der Waals surface area contributed by atoms with Crippen LogP contribution < -0.4 is 15.8 Å². The first-order chi connectivity index (χ1) is 21.2. The first-order valence-electron chi connectivity index (χ1n) is 15.5. The molecule has 2 saturated carbocycles. The van der Waals surface area contributed by atoms with Crippen molar-refractivity contribution < 1.29 is 14.3 Å². The van der Waals surface area contributed by atoms with E-state index >= 15 is 0 Å². The van der Waals surface area contributed by atoms with Crippen LogP contribution in [-0.4, -0.2) is 51.7 Å². The van der Waals surface area contributed by atoms with Gasteiger partial charge in [0.15, 0.2) is 5.82 Å². The molecule has 0 atom stereocenters. The fourth-order valence-electron chi connectivity index (χ4n) is 5.37. The summed E-state index contributed by atoms with van der Waals surface area (Å²) in [5.41, 5.74) is 5.77. The summed E-state index contributed by atoms with van der Waals surface area (Å²) in [4.78, 5) is 25.2. The third kappa shape index (κ3) is 10.4. The average molecular weight is 735 g/mol. The van der Waals surface area contributed by atoms with Gasteiger partial charge in [-0.2, -0.15) is 10.4 Å². The number of hydrogen-bond acceptors (Lipinski definition) is 7. The Hall–Kier alpha value is -2.74. The first kappa shape index (κ1) is 37.4. The van der Waals surface area contributed by atoms with Gasteiger partial charge in [-0.1, -0.05) is 53.4 Å². The summed E-state index contributed by atoms with van der Waals surface area (Å²) >= 11 is 2.15. The topological polar surface area (TPSA) is 126 Å². The molecule has 0 radical (unpaired) electrons. The monoisotopic (exact) mass is 734 g/mol. The Balaban J connectivity index is 0.000000753. The number of ether oxygens (including phenoxy) is 1. The van der Waals surface area contributed by atoms with Crippen LogP contribution in [0.4, 0.5) is 5.82 Å². The molecule has 3 aliphatic rings. The Labute approximate surface area is 279 Å². The summed E-state index contributed by atoms with van der Waals surface area (Å²) in [7, 11) is 1.46. The lowest BCUT2D eigenvalue weighted by Gasteiger charge is -2.53. The summed E-state index contributed by atoms with van der Waals surface area (Å²) < 4.78 is 7.96. The van der Waals surface area contributed by atoms with Crippen LogP contribution >= 0.6 is 30.1 Å². The molecule has 0 bridgehead atoms. The lowest BCUT2D eigenvalue weighted by atomic mass is 9.76. The van der Waals surface area contributed by atoms with E-state index in [2.05, 4.69) is 67.6 Å². The number of primary amides is 1. The molecule has 3 fully saturated rings. The molecular formula is C33H47IN6O3S. The number of nitrogens with two attached hydrogens (primary N) is 1. The standard InChI is InChI=1S/C25H27IN6O3S.C4H8.2C2H6/c1-24(35-20-4-2-18(3-5-20)8-13-36-26)15-31(16-24)19-6-9-25(10-7-19,11-12-27)32-14-21(22(28)34)23(30-32)29-17-33;1-4-2-3-4;2*1-2/h2-5,14,17,19H,6-7,9-11,15-16H2,1H3,(H2,28,34)(H,29,30,33);4H,2-3H2,1H3;2*1-2H3. The summed E-state index contributed by atoms with van der Waals surface area (Å²) in [6, 6.07) is 10.5. The number of rotatable bonds is 8. The van der Waals surface area contributed by atoms with Crippen LogP contribution in [0.3, 0.4) is 0 Å². The lowest BCUT2D eigenvalue weighted by molar-refractivity contribution is -0.105. The number of likely N-dealkylation sites (tertiary alicyclic amines) is 1. The molecule has 9 nitrogen and oxygen atoms in total. The first-order valence-corrected chi connectivity index (χ1v) is 18.9. The Morgan fingerprint density at radius 2 is 1.77 bits per heavy atom. The minimum atomic E-state index is -0.673. The number of nitrogens with one attached hydrogen (secondary N) is 1. The average Bonchev–Trinajstić information content (AvgIpc) is 3.69. The summed E-state index contributed by atoms with van der Waals surface area (Å²) in [5, 5.41) is 19.4. The van der Waals surface area contributed by atoms with E-state index in [9.17, 15) is 14.9 Å². The Bertz CT molecular complexity index is 1300. The molecule has 1 aromatic carbocycles. The van der Waals surface area contributed by atoms with Gasteiger partial charge in [0.2, 0.25) is 6.41 Å². The molecule has 2 aliphatic carbocycles. The van der Waals surface area contributed by atoms with E-state index in [4.69, 9.17) is 10.5 Å². The maximum Gasteiger partial charge on any atom is 0.254 e. The van der Waals surface area contributed by atoms with E-state index in [1.165, 1.54) is 21.8 Å². The van der Waals surface area contributed by atoms with Crippen molar-refractivity contribution in [3.8, 4) is 23.0 Å². The van der Waals surface area contributed by atoms with Gasteiger partial charge in [0.25, 0.3) is 5.91 Å². The molecule has 2 heterocycles. The number of anilines is 1. The molecular weight excluding hydrogens is 687 g/mol. The van der Waals surface area contributed by atoms with Gasteiger partial charge >= 0.3 is 0 Å². The number of aromatic nitrogens is 2. The molecule has 44 heavy (non-hydrogen) atoms. The van der Waals surface area contributed by atoms with Gasteiger partial charge in [0, 0.05) is 52.1 Å². The molecule has 2 aromatic rings. The third-order valence-electron chi connectivity index (χ3n) is 7.87. The molecule has 1 aliphatic heterocycles. The van der Waals surface area contributed by atoms with E-state index < -0.39 is 11.4 Å². The third-order valence-corrected chi connectivity index (χ3v) is 8.71. The zero-order valence-electron chi connectivity index (χ0n) is 26.9. The fraction of sp³-hybridized carbons (Fsp3) is 0.576. The molecule has 0 spiro atoms. The van der Waals surface area contributed by atoms with Gasteiger partial charge in [0.1, 0.15) is 16.9 Å². The van der Waals surface area contributed by atoms with Crippen molar-refractivity contribution in [2.75, 3.05) is 18.4 Å². The molecule has 1 saturated heterocycles. The van der Waals surface area contributed by atoms with E-state index in [0.29, 0.717) is 12.5 Å². The minimum Gasteiger partial charge on any atom is -0.485 e.